The van der Waals surface area contributed by atoms with E-state index in [4.69, 9.17) is 5.73 Å². The number of sulfonamides is 1. The quantitative estimate of drug-likeness (QED) is 0.0395. The number of carbonyl (C=O) groups is 7. The number of nitrogens with one attached hydrogen (secondary N) is 4. The number of hydrogen-bond donors (Lipinski definition) is 5. The van der Waals surface area contributed by atoms with E-state index in [-0.39, 0.29) is 51.1 Å². The molecule has 1 aliphatic rings. The molecule has 1 aromatic carbocycles. The summed E-state index contributed by atoms with van der Waals surface area (Å²) in [6.45, 7) is 7.19. The second-order valence-corrected chi connectivity index (χ2v) is 19.4. The first-order valence-corrected chi connectivity index (χ1v) is 24.1. The number of carbonyl (C=O) groups excluding carboxylic acids is 7. The Bertz CT molecular complexity index is 2370. The summed E-state index contributed by atoms with van der Waals surface area (Å²) < 4.78 is 29.5. The van der Waals surface area contributed by atoms with Crippen molar-refractivity contribution in [3.05, 3.63) is 71.1 Å². The fourth-order valence-electron chi connectivity index (χ4n) is 7.16. The van der Waals surface area contributed by atoms with Gasteiger partial charge in [0.05, 0.1) is 27.0 Å². The molecular weight excluding hydrogens is 911 g/mol. The van der Waals surface area contributed by atoms with Gasteiger partial charge in [-0.05, 0) is 67.0 Å². The van der Waals surface area contributed by atoms with Gasteiger partial charge >= 0.3 is 0 Å². The van der Waals surface area contributed by atoms with Crippen LogP contribution in [0.3, 0.4) is 0 Å². The van der Waals surface area contributed by atoms with Crippen molar-refractivity contribution in [1.29, 1.82) is 0 Å². The topological polar surface area (TPSA) is 326 Å². The third-order valence-electron chi connectivity index (χ3n) is 11.1. The Labute approximate surface area is 392 Å². The largest absolute Gasteiger partial charge is 0.342 e. The molecule has 22 nitrogen and oxygen atoms in total. The van der Waals surface area contributed by atoms with Crippen LogP contribution in [-0.2, 0) is 38.8 Å². The van der Waals surface area contributed by atoms with E-state index in [1.807, 2.05) is 13.8 Å². The normalized spacial score (nSPS) is 15.2. The van der Waals surface area contributed by atoms with E-state index < -0.39 is 103 Å². The zero-order chi connectivity index (χ0) is 49.4. The molecule has 4 rings (SSSR count). The summed E-state index contributed by atoms with van der Waals surface area (Å²) in [5, 5.41) is 22.2. The molecule has 0 unspecified atom stereocenters. The predicted octanol–water partition coefficient (Wildman–Crippen LogP) is 2.62. The molecule has 5 atom stereocenters. The molecular formula is C43H57N11O11S2. The molecule has 0 saturated heterocycles. The predicted molar refractivity (Wildman–Crippen MR) is 242 cm³/mol. The maximum atomic E-state index is 15.0. The molecule has 67 heavy (non-hydrogen) atoms. The summed E-state index contributed by atoms with van der Waals surface area (Å²) >= 11 is 0.762. The summed E-state index contributed by atoms with van der Waals surface area (Å²) in [6.07, 6.45) is 10.7. The highest BCUT2D eigenvalue weighted by atomic mass is 32.2. The number of nitrogens with two attached hydrogens (primary N) is 1. The number of nitrogens with zero attached hydrogens (tertiary/aromatic N) is 6. The van der Waals surface area contributed by atoms with Gasteiger partial charge < -0.3 is 21.7 Å². The first-order chi connectivity index (χ1) is 31.8. The lowest BCUT2D eigenvalue weighted by molar-refractivity contribution is -0.388. The highest BCUT2D eigenvalue weighted by molar-refractivity contribution is 7.99. The number of Topliss-reactive ketones (excluding diaryl/α,β-unsaturated/α-hetero) is 1. The number of hydrogen-bond acceptors (Lipinski definition) is 17. The number of ketones is 1. The van der Waals surface area contributed by atoms with Crippen LogP contribution >= 0.6 is 11.8 Å². The minimum atomic E-state index is -5.27. The minimum absolute atomic E-state index is 0.0272. The van der Waals surface area contributed by atoms with Crippen LogP contribution in [-0.4, -0.2) is 110 Å². The van der Waals surface area contributed by atoms with Gasteiger partial charge in [0.2, 0.25) is 23.5 Å². The van der Waals surface area contributed by atoms with Crippen molar-refractivity contribution in [3.63, 3.8) is 0 Å². The van der Waals surface area contributed by atoms with Crippen LogP contribution < -0.4 is 27.0 Å². The van der Waals surface area contributed by atoms with Gasteiger partial charge in [0.15, 0.2) is 5.16 Å². The highest BCUT2D eigenvalue weighted by Gasteiger charge is 2.41. The van der Waals surface area contributed by atoms with Crippen molar-refractivity contribution in [2.75, 3.05) is 6.54 Å². The van der Waals surface area contributed by atoms with Crippen molar-refractivity contribution in [1.82, 2.24) is 45.5 Å². The molecule has 6 N–H and O–H groups in total. The number of aromatic nitrogens is 4. The minimum Gasteiger partial charge on any atom is -0.342 e. The van der Waals surface area contributed by atoms with Crippen LogP contribution in [0.2, 0.25) is 0 Å². The van der Waals surface area contributed by atoms with Gasteiger partial charge in [-0.25, -0.2) is 27.7 Å². The highest BCUT2D eigenvalue weighted by Crippen LogP contribution is 2.36. The van der Waals surface area contributed by atoms with Crippen LogP contribution in [0.1, 0.15) is 103 Å². The van der Waals surface area contributed by atoms with Crippen molar-refractivity contribution >= 4 is 68.7 Å². The Morgan fingerprint density at radius 2 is 1.58 bits per heavy atom. The lowest BCUT2D eigenvalue weighted by Gasteiger charge is -2.32. The first kappa shape index (κ1) is 53.3. The van der Waals surface area contributed by atoms with Gasteiger partial charge in [0.1, 0.15) is 30.4 Å². The molecule has 2 aromatic heterocycles. The summed E-state index contributed by atoms with van der Waals surface area (Å²) in [5.74, 6) is -8.66. The molecule has 362 valence electrons. The molecule has 0 spiro atoms. The summed E-state index contributed by atoms with van der Waals surface area (Å²) in [6, 6.07) is -1.18. The van der Waals surface area contributed by atoms with E-state index in [2.05, 4.69) is 35.9 Å². The van der Waals surface area contributed by atoms with Crippen molar-refractivity contribution in [2.45, 2.75) is 132 Å². The summed E-state index contributed by atoms with van der Waals surface area (Å²) in [7, 11) is -5.27. The van der Waals surface area contributed by atoms with Crippen molar-refractivity contribution in [3.8, 4) is 0 Å². The molecule has 1 saturated carbocycles. The first-order valence-electron chi connectivity index (χ1n) is 21.9. The second-order valence-electron chi connectivity index (χ2n) is 16.5. The third-order valence-corrected chi connectivity index (χ3v) is 13.8. The molecule has 0 radical (unpaired) electrons. The third kappa shape index (κ3) is 15.1. The number of imide groups is 1. The van der Waals surface area contributed by atoms with Gasteiger partial charge in [-0.1, -0.05) is 73.1 Å². The molecule has 6 amide bonds. The van der Waals surface area contributed by atoms with Gasteiger partial charge in [-0.2, -0.15) is 0 Å². The Balaban J connectivity index is 1.76. The Morgan fingerprint density at radius 1 is 0.896 bits per heavy atom. The van der Waals surface area contributed by atoms with Gasteiger partial charge in [0, 0.05) is 30.9 Å². The molecule has 1 aliphatic carbocycles. The summed E-state index contributed by atoms with van der Waals surface area (Å²) in [5.41, 5.74) is 4.93. The maximum absolute atomic E-state index is 15.0. The van der Waals surface area contributed by atoms with E-state index >= 15 is 0 Å². The van der Waals surface area contributed by atoms with E-state index in [1.54, 1.807) is 19.2 Å². The smallest absolute Gasteiger partial charge is 0.295 e. The fourth-order valence-corrected chi connectivity index (χ4v) is 9.37. The van der Waals surface area contributed by atoms with Crippen LogP contribution in [0.15, 0.2) is 70.2 Å². The SMILES string of the molecule is CC[C@H](N)C(=O)C(=O)NC(=O)CN(C(=O)[C@H](CC1CCCCC1)NC(=O)[C@@H](NC(=O)[C@H](CC(C)C)NC(=O)c1cnccn1)[C@@H](C)CC)S(=O)(=O)c1ccc(Sc2ncccn2)c([N+](=O)[O-])c1. The molecule has 2 heterocycles. The fraction of sp³-hybridized carbons (Fsp3) is 0.512. The number of amides is 6. The average molecular weight is 968 g/mol. The van der Waals surface area contributed by atoms with E-state index in [1.165, 1.54) is 44.0 Å². The Hall–Kier alpha value is -6.27. The molecule has 3 aromatic rings. The Kier molecular flexibility index (Phi) is 19.9. The van der Waals surface area contributed by atoms with Crippen molar-refractivity contribution in [2.24, 2.45) is 23.5 Å². The number of nitro benzene ring substituents is 1. The van der Waals surface area contributed by atoms with Crippen LogP contribution in [0.4, 0.5) is 5.69 Å². The molecule has 0 aliphatic heterocycles. The lowest BCUT2D eigenvalue weighted by atomic mass is 9.84. The molecule has 0 bridgehead atoms. The van der Waals surface area contributed by atoms with Crippen LogP contribution in [0, 0.1) is 27.9 Å². The maximum Gasteiger partial charge on any atom is 0.295 e. The van der Waals surface area contributed by atoms with Gasteiger partial charge in [-0.3, -0.25) is 54.0 Å². The average Bonchev–Trinajstić information content (AvgIpc) is 3.31. The monoisotopic (exact) mass is 967 g/mol. The zero-order valence-corrected chi connectivity index (χ0v) is 39.5. The van der Waals surface area contributed by atoms with Crippen molar-refractivity contribution < 1.29 is 46.9 Å². The van der Waals surface area contributed by atoms with E-state index in [0.717, 1.165) is 43.2 Å². The van der Waals surface area contributed by atoms with Gasteiger partial charge in [-0.15, -0.1) is 0 Å². The van der Waals surface area contributed by atoms with Crippen LogP contribution in [0.25, 0.3) is 0 Å². The molecule has 24 heteroatoms. The van der Waals surface area contributed by atoms with Gasteiger partial charge in [0.25, 0.3) is 33.4 Å². The number of benzene rings is 1. The standard InChI is InChI=1S/C43H57N11O11S2/c1-6-26(5)36(52-38(57)30(20-25(3)4)49-39(58)32-23-45-18-19-46-32)40(59)50-31(21-27-12-9-8-10-13-27)42(61)53(24-35(55)51-41(60)37(56)29(44)7-2)67(64,65)28-14-15-34(33(22-28)54(62)63)66-43-47-16-11-17-48-43/h11,14-19,22-23,25-27,29-31,36H,6-10,12-13,20-21,24,44H2,1-5H3,(H,49,58)(H,50,59)(H,52,57)(H,51,55,60)/t26-,29-,30-,31-,36-/m0/s1. The Morgan fingerprint density at radius 3 is 2.18 bits per heavy atom. The van der Waals surface area contributed by atoms with E-state index in [0.29, 0.717) is 25.3 Å². The number of nitro groups is 1. The summed E-state index contributed by atoms with van der Waals surface area (Å²) in [4.78, 5) is 122. The lowest BCUT2D eigenvalue weighted by Crippen LogP contribution is -2.60. The van der Waals surface area contributed by atoms with E-state index in [9.17, 15) is 52.1 Å². The van der Waals surface area contributed by atoms with Crippen LogP contribution in [0.5, 0.6) is 0 Å². The zero-order valence-electron chi connectivity index (χ0n) is 37.9. The second kappa shape index (κ2) is 25.0. The molecule has 1 fully saturated rings. The number of rotatable bonds is 23.